The first-order valence-corrected chi connectivity index (χ1v) is 7.00. The molecule has 0 saturated heterocycles. The van der Waals surface area contributed by atoms with Gasteiger partial charge in [-0.1, -0.05) is 26.8 Å². The number of hydrogen-bond donors (Lipinski definition) is 2. The molecule has 2 atom stereocenters. The predicted molar refractivity (Wildman–Crippen MR) is 79.4 cm³/mol. The molecule has 1 aromatic rings. The van der Waals surface area contributed by atoms with Crippen molar-refractivity contribution in [2.75, 3.05) is 13.7 Å². The van der Waals surface area contributed by atoms with Crippen LogP contribution in [0.25, 0.3) is 0 Å². The van der Waals surface area contributed by atoms with E-state index in [0.29, 0.717) is 6.42 Å². The van der Waals surface area contributed by atoms with E-state index in [1.807, 2.05) is 6.92 Å². The Morgan fingerprint density at radius 1 is 1.35 bits per heavy atom. The Morgan fingerprint density at radius 2 is 2.00 bits per heavy atom. The Morgan fingerprint density at radius 3 is 2.50 bits per heavy atom. The summed E-state index contributed by atoms with van der Waals surface area (Å²) in [6, 6.07) is 5.13. The lowest BCUT2D eigenvalue weighted by Crippen LogP contribution is -2.42. The van der Waals surface area contributed by atoms with E-state index in [9.17, 15) is 9.50 Å². The highest BCUT2D eigenvalue weighted by Gasteiger charge is 2.25. The highest BCUT2D eigenvalue weighted by Crippen LogP contribution is 2.27. The van der Waals surface area contributed by atoms with Crippen LogP contribution in [-0.2, 0) is 0 Å². The fourth-order valence-corrected chi connectivity index (χ4v) is 2.24. The normalized spacial score (nSPS) is 14.9. The minimum absolute atomic E-state index is 0.0428. The quantitative estimate of drug-likeness (QED) is 0.842. The van der Waals surface area contributed by atoms with Gasteiger partial charge in [-0.2, -0.15) is 0 Å². The van der Waals surface area contributed by atoms with Crippen LogP contribution in [0, 0.1) is 11.2 Å². The van der Waals surface area contributed by atoms with E-state index in [-0.39, 0.29) is 35.7 Å². The second-order valence-corrected chi connectivity index (χ2v) is 6.21. The summed E-state index contributed by atoms with van der Waals surface area (Å²) in [4.78, 5) is 0. The molecule has 2 N–H and O–H groups in total. The van der Waals surface area contributed by atoms with Gasteiger partial charge in [0.2, 0.25) is 0 Å². The molecule has 0 spiro atoms. The second-order valence-electron chi connectivity index (χ2n) is 6.21. The molecule has 20 heavy (non-hydrogen) atoms. The zero-order chi connectivity index (χ0) is 15.3. The third-order valence-electron chi connectivity index (χ3n) is 3.59. The molecule has 2 unspecified atom stereocenters. The maximum Gasteiger partial charge on any atom is 0.165 e. The Labute approximate surface area is 121 Å². The minimum atomic E-state index is -0.355. The first-order valence-electron chi connectivity index (χ1n) is 7.00. The molecule has 3 nitrogen and oxygen atoms in total. The summed E-state index contributed by atoms with van der Waals surface area (Å²) in [5.74, 6) is -0.100. The van der Waals surface area contributed by atoms with Gasteiger partial charge < -0.3 is 15.2 Å². The van der Waals surface area contributed by atoms with Crippen molar-refractivity contribution in [1.29, 1.82) is 0 Å². The van der Waals surface area contributed by atoms with Crippen LogP contribution in [0.15, 0.2) is 18.2 Å². The van der Waals surface area contributed by atoms with Gasteiger partial charge in [0, 0.05) is 18.7 Å². The number of hydrogen-bond acceptors (Lipinski definition) is 3. The molecule has 0 aliphatic rings. The van der Waals surface area contributed by atoms with Gasteiger partial charge in [-0.3, -0.25) is 0 Å². The molecule has 0 aromatic heterocycles. The lowest BCUT2D eigenvalue weighted by Gasteiger charge is -2.34. The first kappa shape index (κ1) is 16.9. The maximum atomic E-state index is 13.4. The van der Waals surface area contributed by atoms with Crippen LogP contribution in [-0.4, -0.2) is 24.9 Å². The number of ether oxygens (including phenoxy) is 1. The second kappa shape index (κ2) is 7.04. The SMILES string of the molecule is COc1cc(C(C)NC(CCO)C(C)(C)C)ccc1F. The Bertz CT molecular complexity index is 429. The molecule has 114 valence electrons. The molecule has 4 heteroatoms. The van der Waals surface area contributed by atoms with Gasteiger partial charge >= 0.3 is 0 Å². The zero-order valence-electron chi connectivity index (χ0n) is 13.0. The Balaban J connectivity index is 2.86. The molecule has 1 aromatic carbocycles. The van der Waals surface area contributed by atoms with Crippen LogP contribution in [0.1, 0.15) is 45.7 Å². The third kappa shape index (κ3) is 4.46. The summed E-state index contributed by atoms with van der Waals surface area (Å²) in [6.07, 6.45) is 0.687. The van der Waals surface area contributed by atoms with Crippen molar-refractivity contribution in [3.8, 4) is 5.75 Å². The Hall–Kier alpha value is -1.13. The summed E-state index contributed by atoms with van der Waals surface area (Å²) in [5, 5.41) is 12.7. The van der Waals surface area contributed by atoms with Crippen LogP contribution in [0.4, 0.5) is 4.39 Å². The van der Waals surface area contributed by atoms with Gasteiger partial charge in [0.25, 0.3) is 0 Å². The first-order chi connectivity index (χ1) is 9.29. The van der Waals surface area contributed by atoms with Crippen molar-refractivity contribution < 1.29 is 14.2 Å². The maximum absolute atomic E-state index is 13.4. The molecule has 0 saturated carbocycles. The van der Waals surface area contributed by atoms with E-state index >= 15 is 0 Å². The monoisotopic (exact) mass is 283 g/mol. The molecule has 0 amide bonds. The summed E-state index contributed by atoms with van der Waals surface area (Å²) in [6.45, 7) is 8.59. The number of nitrogens with one attached hydrogen (secondary N) is 1. The van der Waals surface area contributed by atoms with Gasteiger partial charge in [0.1, 0.15) is 0 Å². The van der Waals surface area contributed by atoms with Crippen LogP contribution in [0.2, 0.25) is 0 Å². The zero-order valence-corrected chi connectivity index (χ0v) is 13.0. The number of rotatable bonds is 6. The van der Waals surface area contributed by atoms with Gasteiger partial charge in [0.05, 0.1) is 7.11 Å². The standard InChI is InChI=1S/C16H26FNO2/c1-11(18-15(8-9-19)16(2,3)4)12-6-7-13(17)14(10-12)20-5/h6-7,10-11,15,18-19H,8-9H2,1-5H3. The number of benzene rings is 1. The lowest BCUT2D eigenvalue weighted by molar-refractivity contribution is 0.188. The number of aliphatic hydroxyl groups excluding tert-OH is 1. The van der Waals surface area contributed by atoms with Crippen molar-refractivity contribution in [2.24, 2.45) is 5.41 Å². The topological polar surface area (TPSA) is 41.5 Å². The summed E-state index contributed by atoms with van der Waals surface area (Å²) in [5.41, 5.74) is 1.01. The van der Waals surface area contributed by atoms with Crippen LogP contribution < -0.4 is 10.1 Å². The van der Waals surface area contributed by atoms with E-state index < -0.39 is 0 Å². The van der Waals surface area contributed by atoms with Crippen LogP contribution >= 0.6 is 0 Å². The molecule has 1 rings (SSSR count). The minimum Gasteiger partial charge on any atom is -0.494 e. The summed E-state index contributed by atoms with van der Waals surface area (Å²) < 4.78 is 18.4. The number of aliphatic hydroxyl groups is 1. The van der Waals surface area contributed by atoms with Crippen LogP contribution in [0.5, 0.6) is 5.75 Å². The van der Waals surface area contributed by atoms with Crippen molar-refractivity contribution in [3.05, 3.63) is 29.6 Å². The average molecular weight is 283 g/mol. The van der Waals surface area contributed by atoms with E-state index in [1.165, 1.54) is 13.2 Å². The molecule has 0 aliphatic carbocycles. The van der Waals surface area contributed by atoms with E-state index in [0.717, 1.165) is 5.56 Å². The molecule has 0 fully saturated rings. The molecule has 0 aliphatic heterocycles. The Kier molecular flexibility index (Phi) is 5.96. The van der Waals surface area contributed by atoms with Gasteiger partial charge in [-0.15, -0.1) is 0 Å². The molecule has 0 radical (unpaired) electrons. The average Bonchev–Trinajstić information content (AvgIpc) is 2.37. The van der Waals surface area contributed by atoms with Gasteiger partial charge in [0.15, 0.2) is 11.6 Å². The van der Waals surface area contributed by atoms with Gasteiger partial charge in [-0.25, -0.2) is 4.39 Å². The molecular weight excluding hydrogens is 257 g/mol. The summed E-state index contributed by atoms with van der Waals surface area (Å²) in [7, 11) is 1.46. The molecule has 0 bridgehead atoms. The highest BCUT2D eigenvalue weighted by atomic mass is 19.1. The van der Waals surface area contributed by atoms with Crippen molar-refractivity contribution >= 4 is 0 Å². The fraction of sp³-hybridized carbons (Fsp3) is 0.625. The van der Waals surface area contributed by atoms with Crippen LogP contribution in [0.3, 0.4) is 0 Å². The lowest BCUT2D eigenvalue weighted by atomic mass is 9.84. The number of halogens is 1. The van der Waals surface area contributed by atoms with E-state index in [2.05, 4.69) is 26.1 Å². The van der Waals surface area contributed by atoms with E-state index in [1.54, 1.807) is 12.1 Å². The third-order valence-corrected chi connectivity index (χ3v) is 3.59. The molecule has 0 heterocycles. The highest BCUT2D eigenvalue weighted by molar-refractivity contribution is 5.32. The van der Waals surface area contributed by atoms with Crippen molar-refractivity contribution in [2.45, 2.75) is 46.2 Å². The number of methoxy groups -OCH3 is 1. The largest absolute Gasteiger partial charge is 0.494 e. The molecular formula is C16H26FNO2. The smallest absolute Gasteiger partial charge is 0.165 e. The van der Waals surface area contributed by atoms with Crippen molar-refractivity contribution in [3.63, 3.8) is 0 Å². The fourth-order valence-electron chi connectivity index (χ4n) is 2.24. The van der Waals surface area contributed by atoms with Gasteiger partial charge in [-0.05, 0) is 36.5 Å². The summed E-state index contributed by atoms with van der Waals surface area (Å²) >= 11 is 0. The predicted octanol–water partition coefficient (Wildman–Crippen LogP) is 3.28. The van der Waals surface area contributed by atoms with Crippen molar-refractivity contribution in [1.82, 2.24) is 5.32 Å². The van der Waals surface area contributed by atoms with E-state index in [4.69, 9.17) is 4.74 Å².